The number of aliphatic hydroxyl groups is 1. The Morgan fingerprint density at radius 1 is 1.44 bits per heavy atom. The van der Waals surface area contributed by atoms with E-state index in [0.29, 0.717) is 0 Å². The maximum Gasteiger partial charge on any atom is 0.230 e. The molecule has 0 heterocycles. The minimum atomic E-state index is -0.382. The Kier molecular flexibility index (Phi) is 4.94. The predicted octanol–water partition coefficient (Wildman–Crippen LogP) is 2.41. The molecule has 0 radical (unpaired) electrons. The van der Waals surface area contributed by atoms with E-state index in [1.165, 1.54) is 0 Å². The van der Waals surface area contributed by atoms with Crippen molar-refractivity contribution in [1.29, 1.82) is 0 Å². The van der Waals surface area contributed by atoms with Crippen LogP contribution in [0.25, 0.3) is 0 Å². The molecule has 1 amide bonds. The molecule has 0 aromatic heterocycles. The van der Waals surface area contributed by atoms with Gasteiger partial charge in [-0.15, -0.1) is 0 Å². The fourth-order valence-corrected chi connectivity index (χ4v) is 1.28. The molecule has 0 bridgehead atoms. The molecule has 3 heteroatoms. The molecule has 3 nitrogen and oxygen atoms in total. The van der Waals surface area contributed by atoms with E-state index in [0.717, 1.165) is 17.7 Å². The van der Waals surface area contributed by atoms with E-state index in [4.69, 9.17) is 5.11 Å². The van der Waals surface area contributed by atoms with E-state index < -0.39 is 0 Å². The topological polar surface area (TPSA) is 49.3 Å². The van der Waals surface area contributed by atoms with Crippen molar-refractivity contribution in [2.75, 3.05) is 11.9 Å². The van der Waals surface area contributed by atoms with E-state index in [1.807, 2.05) is 39.0 Å². The Labute approximate surface area is 108 Å². The summed E-state index contributed by atoms with van der Waals surface area (Å²) in [5.74, 6) is 5.39. The molecule has 1 aromatic rings. The summed E-state index contributed by atoms with van der Waals surface area (Å²) >= 11 is 0. The number of hydrogen-bond acceptors (Lipinski definition) is 2. The number of benzene rings is 1. The molecule has 0 atom stereocenters. The molecule has 1 aromatic carbocycles. The van der Waals surface area contributed by atoms with Gasteiger partial charge in [-0.1, -0.05) is 38.7 Å². The van der Waals surface area contributed by atoms with Crippen LogP contribution in [-0.2, 0) is 4.79 Å². The highest BCUT2D eigenvalue weighted by atomic mass is 16.2. The van der Waals surface area contributed by atoms with Gasteiger partial charge >= 0.3 is 0 Å². The average Bonchev–Trinajstić information content (AvgIpc) is 2.36. The van der Waals surface area contributed by atoms with Gasteiger partial charge in [0.05, 0.1) is 0 Å². The lowest BCUT2D eigenvalue weighted by atomic mass is 9.89. The second kappa shape index (κ2) is 6.23. The van der Waals surface area contributed by atoms with Gasteiger partial charge in [0.2, 0.25) is 5.91 Å². The number of carbonyl (C=O) groups excluding carboxylic acids is 1. The standard InChI is InChI=1S/C15H19NO2/c1-4-15(2,3)14(18)16-13-9-5-7-12(11-13)8-6-10-17/h5,7,9,11,17H,4,10H2,1-3H3,(H,16,18). The minimum Gasteiger partial charge on any atom is -0.384 e. The van der Waals surface area contributed by atoms with E-state index in [9.17, 15) is 4.79 Å². The summed E-state index contributed by atoms with van der Waals surface area (Å²) in [5, 5.41) is 11.5. The van der Waals surface area contributed by atoms with E-state index in [-0.39, 0.29) is 17.9 Å². The fraction of sp³-hybridized carbons (Fsp3) is 0.400. The smallest absolute Gasteiger partial charge is 0.230 e. The van der Waals surface area contributed by atoms with Gasteiger partial charge in [0.1, 0.15) is 6.61 Å². The Hall–Kier alpha value is -1.79. The molecule has 0 unspecified atom stereocenters. The molecule has 1 rings (SSSR count). The second-order valence-electron chi connectivity index (χ2n) is 4.73. The zero-order valence-corrected chi connectivity index (χ0v) is 11.1. The summed E-state index contributed by atoms with van der Waals surface area (Å²) in [5.41, 5.74) is 1.12. The lowest BCUT2D eigenvalue weighted by Gasteiger charge is -2.21. The molecule has 18 heavy (non-hydrogen) atoms. The average molecular weight is 245 g/mol. The third-order valence-electron chi connectivity index (χ3n) is 2.93. The summed E-state index contributed by atoms with van der Waals surface area (Å²) in [6, 6.07) is 7.29. The van der Waals surface area contributed by atoms with Gasteiger partial charge in [0, 0.05) is 16.7 Å². The Morgan fingerprint density at radius 2 is 2.17 bits per heavy atom. The van der Waals surface area contributed by atoms with Crippen LogP contribution in [0.15, 0.2) is 24.3 Å². The number of hydrogen-bond donors (Lipinski definition) is 2. The lowest BCUT2D eigenvalue weighted by molar-refractivity contribution is -0.124. The lowest BCUT2D eigenvalue weighted by Crippen LogP contribution is -2.29. The van der Waals surface area contributed by atoms with Gasteiger partial charge in [0.25, 0.3) is 0 Å². The van der Waals surface area contributed by atoms with Crippen LogP contribution in [0.5, 0.6) is 0 Å². The summed E-state index contributed by atoms with van der Waals surface area (Å²) in [4.78, 5) is 12.0. The van der Waals surface area contributed by atoms with Crippen molar-refractivity contribution >= 4 is 11.6 Å². The van der Waals surface area contributed by atoms with Crippen LogP contribution in [0, 0.1) is 17.3 Å². The number of rotatable bonds is 3. The molecule has 0 saturated carbocycles. The van der Waals surface area contributed by atoms with Crippen molar-refractivity contribution in [3.05, 3.63) is 29.8 Å². The summed E-state index contributed by atoms with van der Waals surface area (Å²) in [6.45, 7) is 5.65. The molecule has 0 fully saturated rings. The molecule has 0 saturated heterocycles. The van der Waals surface area contributed by atoms with Crippen LogP contribution in [0.4, 0.5) is 5.69 Å². The third-order valence-corrected chi connectivity index (χ3v) is 2.93. The Balaban J connectivity index is 2.83. The number of amides is 1. The van der Waals surface area contributed by atoms with Crippen molar-refractivity contribution in [2.45, 2.75) is 27.2 Å². The molecule has 96 valence electrons. The van der Waals surface area contributed by atoms with Crippen LogP contribution in [-0.4, -0.2) is 17.6 Å². The molecule has 0 aliphatic heterocycles. The zero-order valence-electron chi connectivity index (χ0n) is 11.1. The van der Waals surface area contributed by atoms with E-state index in [2.05, 4.69) is 17.2 Å². The Morgan fingerprint density at radius 3 is 2.78 bits per heavy atom. The largest absolute Gasteiger partial charge is 0.384 e. The van der Waals surface area contributed by atoms with Gasteiger partial charge in [-0.3, -0.25) is 4.79 Å². The molecule has 2 N–H and O–H groups in total. The van der Waals surface area contributed by atoms with Crippen LogP contribution < -0.4 is 5.32 Å². The van der Waals surface area contributed by atoms with Gasteiger partial charge in [-0.25, -0.2) is 0 Å². The van der Waals surface area contributed by atoms with E-state index in [1.54, 1.807) is 6.07 Å². The maximum atomic E-state index is 12.0. The summed E-state index contributed by atoms with van der Waals surface area (Å²) in [7, 11) is 0. The molecule has 0 spiro atoms. The van der Waals surface area contributed by atoms with Crippen LogP contribution in [0.2, 0.25) is 0 Å². The fourth-order valence-electron chi connectivity index (χ4n) is 1.28. The van der Waals surface area contributed by atoms with Crippen molar-refractivity contribution in [2.24, 2.45) is 5.41 Å². The molecular formula is C15H19NO2. The van der Waals surface area contributed by atoms with Crippen molar-refractivity contribution in [1.82, 2.24) is 0 Å². The molecular weight excluding hydrogens is 226 g/mol. The van der Waals surface area contributed by atoms with Crippen molar-refractivity contribution < 1.29 is 9.90 Å². The zero-order chi connectivity index (χ0) is 13.6. The van der Waals surface area contributed by atoms with Crippen LogP contribution >= 0.6 is 0 Å². The SMILES string of the molecule is CCC(C)(C)C(=O)Nc1cccc(C#CCO)c1. The second-order valence-corrected chi connectivity index (χ2v) is 4.73. The first-order chi connectivity index (χ1) is 8.49. The highest BCUT2D eigenvalue weighted by molar-refractivity contribution is 5.94. The maximum absolute atomic E-state index is 12.0. The van der Waals surface area contributed by atoms with Crippen LogP contribution in [0.3, 0.4) is 0 Å². The van der Waals surface area contributed by atoms with Gasteiger partial charge in [0.15, 0.2) is 0 Å². The third kappa shape index (κ3) is 3.90. The minimum absolute atomic E-state index is 0.00253. The molecule has 0 aliphatic rings. The molecule has 0 aliphatic carbocycles. The van der Waals surface area contributed by atoms with Gasteiger partial charge in [-0.05, 0) is 24.6 Å². The first-order valence-corrected chi connectivity index (χ1v) is 6.01. The summed E-state index contributed by atoms with van der Waals surface area (Å²) < 4.78 is 0. The number of anilines is 1. The highest BCUT2D eigenvalue weighted by Gasteiger charge is 2.25. The summed E-state index contributed by atoms with van der Waals surface area (Å²) in [6.07, 6.45) is 0.781. The number of nitrogens with one attached hydrogen (secondary N) is 1. The highest BCUT2D eigenvalue weighted by Crippen LogP contribution is 2.22. The van der Waals surface area contributed by atoms with E-state index >= 15 is 0 Å². The normalized spacial score (nSPS) is 10.4. The monoisotopic (exact) mass is 245 g/mol. The van der Waals surface area contributed by atoms with Crippen molar-refractivity contribution in [3.8, 4) is 11.8 Å². The first kappa shape index (κ1) is 14.3. The van der Waals surface area contributed by atoms with Crippen molar-refractivity contribution in [3.63, 3.8) is 0 Å². The van der Waals surface area contributed by atoms with Gasteiger partial charge in [-0.2, -0.15) is 0 Å². The number of aliphatic hydroxyl groups excluding tert-OH is 1. The predicted molar refractivity (Wildman–Crippen MR) is 73.1 cm³/mol. The van der Waals surface area contributed by atoms with Gasteiger partial charge < -0.3 is 10.4 Å². The quantitative estimate of drug-likeness (QED) is 0.803. The first-order valence-electron chi connectivity index (χ1n) is 6.01. The Bertz CT molecular complexity index is 481. The van der Waals surface area contributed by atoms with Crippen LogP contribution in [0.1, 0.15) is 32.8 Å². The number of carbonyl (C=O) groups is 1.